The molecule has 0 unspecified atom stereocenters. The van der Waals surface area contributed by atoms with E-state index in [1.165, 1.54) is 29.8 Å². The highest BCUT2D eigenvalue weighted by molar-refractivity contribution is 7.16. The zero-order valence-corrected chi connectivity index (χ0v) is 13.2. The van der Waals surface area contributed by atoms with E-state index in [0.717, 1.165) is 22.9 Å². The zero-order valence-electron chi connectivity index (χ0n) is 11.6. The lowest BCUT2D eigenvalue weighted by molar-refractivity contribution is -0.117. The van der Waals surface area contributed by atoms with Gasteiger partial charge in [0.1, 0.15) is 0 Å². The first-order valence-corrected chi connectivity index (χ1v) is 8.71. The van der Waals surface area contributed by atoms with Gasteiger partial charge in [-0.15, -0.1) is 22.7 Å². The first-order chi connectivity index (χ1) is 9.74. The van der Waals surface area contributed by atoms with Gasteiger partial charge in [0.15, 0.2) is 5.13 Å². The summed E-state index contributed by atoms with van der Waals surface area (Å²) >= 11 is 3.32. The Labute approximate surface area is 127 Å². The van der Waals surface area contributed by atoms with E-state index in [2.05, 4.69) is 4.98 Å². The Morgan fingerprint density at radius 2 is 2.20 bits per heavy atom. The number of thiophene rings is 1. The maximum atomic E-state index is 12.3. The molecule has 106 valence electrons. The van der Waals surface area contributed by atoms with Crippen LogP contribution in [0.4, 0.5) is 5.13 Å². The summed E-state index contributed by atoms with van der Waals surface area (Å²) < 4.78 is 0. The van der Waals surface area contributed by atoms with Gasteiger partial charge in [0, 0.05) is 16.8 Å². The molecule has 3 rings (SSSR count). The van der Waals surface area contributed by atoms with Gasteiger partial charge in [0.05, 0.1) is 12.1 Å². The third kappa shape index (κ3) is 2.94. The fraction of sp³-hybridized carbons (Fsp3) is 0.467. The van der Waals surface area contributed by atoms with Crippen molar-refractivity contribution in [3.8, 4) is 0 Å². The Morgan fingerprint density at radius 1 is 1.35 bits per heavy atom. The lowest BCUT2D eigenvalue weighted by Crippen LogP contribution is -2.27. The Hall–Kier alpha value is -1.20. The normalized spacial score (nSPS) is 14.7. The van der Waals surface area contributed by atoms with Gasteiger partial charge in [0.25, 0.3) is 0 Å². The van der Waals surface area contributed by atoms with E-state index in [1.54, 1.807) is 27.6 Å². The lowest BCUT2D eigenvalue weighted by Gasteiger charge is -2.13. The van der Waals surface area contributed by atoms with Crippen LogP contribution in [0.1, 0.15) is 34.7 Å². The number of likely N-dealkylation sites (N-methyl/N-ethyl adjacent to an activating group) is 1. The van der Waals surface area contributed by atoms with Crippen molar-refractivity contribution in [1.29, 1.82) is 0 Å². The molecule has 0 saturated carbocycles. The molecule has 0 saturated heterocycles. The van der Waals surface area contributed by atoms with E-state index in [0.29, 0.717) is 6.42 Å². The highest BCUT2D eigenvalue weighted by Crippen LogP contribution is 2.31. The van der Waals surface area contributed by atoms with Crippen molar-refractivity contribution in [3.63, 3.8) is 0 Å². The van der Waals surface area contributed by atoms with E-state index in [4.69, 9.17) is 0 Å². The summed E-state index contributed by atoms with van der Waals surface area (Å²) in [4.78, 5) is 21.2. The van der Waals surface area contributed by atoms with Crippen LogP contribution >= 0.6 is 22.7 Å². The van der Waals surface area contributed by atoms with Crippen molar-refractivity contribution in [1.82, 2.24) is 4.98 Å². The second-order valence-electron chi connectivity index (χ2n) is 5.14. The van der Waals surface area contributed by atoms with Gasteiger partial charge in [-0.05, 0) is 37.1 Å². The summed E-state index contributed by atoms with van der Waals surface area (Å²) in [5.41, 5.74) is 1.22. The molecule has 0 atom stereocenters. The molecule has 0 radical (unpaired) electrons. The minimum atomic E-state index is 0.122. The highest BCUT2D eigenvalue weighted by atomic mass is 32.1. The van der Waals surface area contributed by atoms with Crippen LogP contribution in [0.5, 0.6) is 0 Å². The number of nitrogens with zero attached hydrogens (tertiary/aromatic N) is 2. The van der Waals surface area contributed by atoms with E-state index < -0.39 is 0 Å². The molecular formula is C15H18N2OS2. The van der Waals surface area contributed by atoms with Crippen LogP contribution in [0.2, 0.25) is 0 Å². The van der Waals surface area contributed by atoms with Gasteiger partial charge >= 0.3 is 0 Å². The molecule has 1 amide bonds. The second-order valence-corrected chi connectivity index (χ2v) is 7.23. The van der Waals surface area contributed by atoms with Gasteiger partial charge in [-0.2, -0.15) is 0 Å². The quantitative estimate of drug-likeness (QED) is 0.811. The molecule has 1 aliphatic carbocycles. The number of thiazole rings is 1. The molecule has 0 fully saturated rings. The largest absolute Gasteiger partial charge is 0.291 e. The third-order valence-corrected chi connectivity index (χ3v) is 5.76. The fourth-order valence-electron chi connectivity index (χ4n) is 2.45. The Balaban J connectivity index is 1.73. The third-order valence-electron chi connectivity index (χ3n) is 3.65. The fourth-order valence-corrected chi connectivity index (χ4v) is 4.27. The van der Waals surface area contributed by atoms with Gasteiger partial charge in [-0.25, -0.2) is 4.98 Å². The van der Waals surface area contributed by atoms with E-state index >= 15 is 0 Å². The number of anilines is 1. The minimum Gasteiger partial charge on any atom is -0.291 e. The second kappa shape index (κ2) is 6.06. The number of hydrogen-bond donors (Lipinski definition) is 0. The van der Waals surface area contributed by atoms with Crippen molar-refractivity contribution in [3.05, 3.63) is 33.0 Å². The van der Waals surface area contributed by atoms with Crippen LogP contribution in [0.25, 0.3) is 0 Å². The van der Waals surface area contributed by atoms with Crippen LogP contribution < -0.4 is 4.90 Å². The summed E-state index contributed by atoms with van der Waals surface area (Å²) in [6, 6.07) is 3.99. The van der Waals surface area contributed by atoms with E-state index in [9.17, 15) is 4.79 Å². The van der Waals surface area contributed by atoms with Gasteiger partial charge < -0.3 is 0 Å². The molecule has 0 spiro atoms. The summed E-state index contributed by atoms with van der Waals surface area (Å²) in [5.74, 6) is 0.122. The van der Waals surface area contributed by atoms with Crippen molar-refractivity contribution in [2.75, 3.05) is 11.9 Å². The Kier molecular flexibility index (Phi) is 4.17. The highest BCUT2D eigenvalue weighted by Gasteiger charge is 2.19. The van der Waals surface area contributed by atoms with Crippen LogP contribution in [0.3, 0.4) is 0 Å². The topological polar surface area (TPSA) is 33.2 Å². The van der Waals surface area contributed by atoms with Gasteiger partial charge in [-0.1, -0.05) is 12.5 Å². The van der Waals surface area contributed by atoms with Crippen LogP contribution in [0, 0.1) is 0 Å². The van der Waals surface area contributed by atoms with E-state index in [-0.39, 0.29) is 5.91 Å². The van der Waals surface area contributed by atoms with Crippen molar-refractivity contribution in [2.24, 2.45) is 0 Å². The average Bonchev–Trinajstić information content (AvgIpc) is 3.04. The molecule has 0 bridgehead atoms. The predicted molar refractivity (Wildman–Crippen MR) is 84.8 cm³/mol. The number of fused-ring (bicyclic) bond motifs is 1. The molecule has 0 N–H and O–H groups in total. The molecule has 1 aliphatic rings. The maximum Gasteiger partial charge on any atom is 0.233 e. The monoisotopic (exact) mass is 306 g/mol. The van der Waals surface area contributed by atoms with Crippen LogP contribution in [0.15, 0.2) is 17.5 Å². The molecular weight excluding hydrogens is 288 g/mol. The number of carbonyl (C=O) groups excluding carboxylic acids is 1. The number of rotatable bonds is 3. The molecule has 20 heavy (non-hydrogen) atoms. The minimum absolute atomic E-state index is 0.122. The average molecular weight is 306 g/mol. The SMILES string of the molecule is CN(C(=O)Cc1cccs1)c1nc2c(s1)CCCCC2. The number of amides is 1. The summed E-state index contributed by atoms with van der Waals surface area (Å²) in [6.07, 6.45) is 6.44. The molecule has 2 aromatic heterocycles. The molecule has 2 heterocycles. The standard InChI is InChI=1S/C15H18N2OS2/c1-17(14(18)10-11-6-5-9-19-11)15-16-12-7-3-2-4-8-13(12)20-15/h5-6,9H,2-4,7-8,10H2,1H3. The lowest BCUT2D eigenvalue weighted by atomic mass is 10.2. The molecule has 2 aromatic rings. The van der Waals surface area contributed by atoms with Gasteiger partial charge in [-0.3, -0.25) is 9.69 Å². The van der Waals surface area contributed by atoms with Crippen LogP contribution in [-0.4, -0.2) is 17.9 Å². The molecule has 5 heteroatoms. The first-order valence-electron chi connectivity index (χ1n) is 7.01. The van der Waals surface area contributed by atoms with Crippen molar-refractivity contribution >= 4 is 33.7 Å². The summed E-state index contributed by atoms with van der Waals surface area (Å²) in [6.45, 7) is 0. The molecule has 3 nitrogen and oxygen atoms in total. The predicted octanol–water partition coefficient (Wildman–Crippen LogP) is 3.68. The first kappa shape index (κ1) is 13.8. The summed E-state index contributed by atoms with van der Waals surface area (Å²) in [7, 11) is 1.84. The molecule has 0 aromatic carbocycles. The maximum absolute atomic E-state index is 12.3. The van der Waals surface area contributed by atoms with Crippen molar-refractivity contribution in [2.45, 2.75) is 38.5 Å². The Bertz CT molecular complexity index is 566. The van der Waals surface area contributed by atoms with E-state index in [1.807, 2.05) is 24.6 Å². The van der Waals surface area contributed by atoms with Crippen molar-refractivity contribution < 1.29 is 4.79 Å². The number of aromatic nitrogens is 1. The van der Waals surface area contributed by atoms with Crippen LogP contribution in [-0.2, 0) is 24.1 Å². The van der Waals surface area contributed by atoms with Gasteiger partial charge in [0.2, 0.25) is 5.91 Å². The zero-order chi connectivity index (χ0) is 13.9. The number of carbonyl (C=O) groups is 1. The smallest absolute Gasteiger partial charge is 0.233 e. The molecule has 0 aliphatic heterocycles. The number of hydrogen-bond acceptors (Lipinski definition) is 4. The number of aryl methyl sites for hydroxylation is 2. The Morgan fingerprint density at radius 3 is 3.00 bits per heavy atom. The summed E-state index contributed by atoms with van der Waals surface area (Å²) in [5, 5.41) is 2.87.